The number of para-hydroxylation sites is 3. The Morgan fingerprint density at radius 2 is 0.786 bits per heavy atom. The van der Waals surface area contributed by atoms with Gasteiger partial charge in [-0.2, -0.15) is 0 Å². The van der Waals surface area contributed by atoms with Crippen LogP contribution in [-0.4, -0.2) is 24.1 Å². The number of aromatic nitrogens is 5. The zero-order chi connectivity index (χ0) is 46.1. The van der Waals surface area contributed by atoms with Gasteiger partial charge >= 0.3 is 0 Å². The van der Waals surface area contributed by atoms with Crippen LogP contribution in [-0.2, 0) is 0 Å². The highest BCUT2D eigenvalue weighted by Crippen LogP contribution is 2.45. The van der Waals surface area contributed by atoms with E-state index in [9.17, 15) is 0 Å². The normalized spacial score (nSPS) is 11.7. The lowest BCUT2D eigenvalue weighted by Crippen LogP contribution is -2.04. The van der Waals surface area contributed by atoms with Crippen LogP contribution in [0.2, 0.25) is 0 Å². The van der Waals surface area contributed by atoms with E-state index in [-0.39, 0.29) is 0 Å². The first-order chi connectivity index (χ1) is 34.7. The summed E-state index contributed by atoms with van der Waals surface area (Å²) in [6, 6.07) is 89.0. The average Bonchev–Trinajstić information content (AvgIpc) is 3.94. The van der Waals surface area contributed by atoms with E-state index >= 15 is 0 Å². The first-order valence-corrected chi connectivity index (χ1v) is 23.8. The quantitative estimate of drug-likeness (QED) is 0.160. The Labute approximate surface area is 403 Å². The number of hydrogen-bond acceptors (Lipinski definition) is 3. The maximum atomic E-state index is 5.55. The second-order valence-electron chi connectivity index (χ2n) is 18.0. The van der Waals surface area contributed by atoms with Crippen molar-refractivity contribution in [2.24, 2.45) is 0 Å². The predicted octanol–water partition coefficient (Wildman–Crippen LogP) is 16.7. The van der Waals surface area contributed by atoms with Gasteiger partial charge in [-0.05, 0) is 93.3 Å². The van der Waals surface area contributed by atoms with Crippen LogP contribution >= 0.6 is 0 Å². The highest BCUT2D eigenvalue weighted by molar-refractivity contribution is 6.16. The molecule has 0 spiro atoms. The lowest BCUT2D eigenvalue weighted by atomic mass is 9.91. The molecule has 0 fully saturated rings. The van der Waals surface area contributed by atoms with Crippen molar-refractivity contribution in [3.8, 4) is 67.8 Å². The van der Waals surface area contributed by atoms with Gasteiger partial charge in [0.05, 0.1) is 27.8 Å². The Bertz CT molecular complexity index is 4340. The number of nitrogens with zero attached hydrogens (tertiary/aromatic N) is 5. The van der Waals surface area contributed by atoms with Crippen LogP contribution in [0.3, 0.4) is 0 Å². The molecule has 5 nitrogen and oxygen atoms in total. The largest absolute Gasteiger partial charge is 0.309 e. The molecule has 0 N–H and O–H groups in total. The molecule has 14 rings (SSSR count). The number of benzene rings is 11. The van der Waals surface area contributed by atoms with Crippen molar-refractivity contribution >= 4 is 65.2 Å². The second-order valence-corrected chi connectivity index (χ2v) is 18.0. The Balaban J connectivity index is 1.10. The molecule has 70 heavy (non-hydrogen) atoms. The molecule has 0 unspecified atom stereocenters. The van der Waals surface area contributed by atoms with Gasteiger partial charge in [0.25, 0.3) is 0 Å². The third-order valence-electron chi connectivity index (χ3n) is 13.9. The molecule has 0 aliphatic rings. The van der Waals surface area contributed by atoms with E-state index in [0.29, 0.717) is 17.5 Å². The average molecular weight is 892 g/mol. The molecule has 326 valence electrons. The van der Waals surface area contributed by atoms with Crippen molar-refractivity contribution in [2.45, 2.75) is 0 Å². The molecule has 0 bridgehead atoms. The Hall–Kier alpha value is -9.45. The first kappa shape index (κ1) is 39.7. The van der Waals surface area contributed by atoms with Crippen molar-refractivity contribution in [3.63, 3.8) is 0 Å². The molecule has 0 saturated carbocycles. The van der Waals surface area contributed by atoms with Gasteiger partial charge in [0, 0.05) is 55.0 Å². The molecule has 11 aromatic carbocycles. The van der Waals surface area contributed by atoms with E-state index in [0.717, 1.165) is 83.2 Å². The predicted molar refractivity (Wildman–Crippen MR) is 291 cm³/mol. The smallest absolute Gasteiger partial charge is 0.164 e. The molecule has 0 saturated heterocycles. The third kappa shape index (κ3) is 6.44. The third-order valence-corrected chi connectivity index (χ3v) is 13.9. The summed E-state index contributed by atoms with van der Waals surface area (Å²) in [6.45, 7) is 0. The van der Waals surface area contributed by atoms with Crippen LogP contribution in [0, 0.1) is 0 Å². The topological polar surface area (TPSA) is 48.5 Å². The summed E-state index contributed by atoms with van der Waals surface area (Å²) < 4.78 is 4.83. The minimum absolute atomic E-state index is 0.589. The maximum absolute atomic E-state index is 5.55. The lowest BCUT2D eigenvalue weighted by molar-refractivity contribution is 1.07. The lowest BCUT2D eigenvalue weighted by Gasteiger charge is -2.21. The van der Waals surface area contributed by atoms with Crippen LogP contribution in [0.15, 0.2) is 249 Å². The number of fused-ring (bicyclic) bond motifs is 8. The molecular weight excluding hydrogens is 851 g/mol. The van der Waals surface area contributed by atoms with Crippen molar-refractivity contribution in [3.05, 3.63) is 249 Å². The number of rotatable bonds is 7. The number of hydrogen-bond donors (Lipinski definition) is 0. The van der Waals surface area contributed by atoms with Crippen molar-refractivity contribution < 1.29 is 0 Å². The van der Waals surface area contributed by atoms with Crippen LogP contribution in [0.1, 0.15) is 0 Å². The standard InChI is InChI=1S/C65H41N5/c1-4-20-43(21-5-1)54-39-49(40-55(48-36-35-42-19-10-11-24-45(42)37-48)62(54)70-57-32-16-14-29-51(57)56-38-46-25-12-13-26-47(46)41-60(56)70)64-66-63(44-22-6-2-7-23-44)67-65(68-64)53-31-18-34-59-61(53)52-30-15-17-33-58(52)69(59)50-27-8-3-9-28-50/h1-41H. The van der Waals surface area contributed by atoms with Crippen molar-refractivity contribution in [1.82, 2.24) is 24.1 Å². The van der Waals surface area contributed by atoms with Crippen LogP contribution in [0.4, 0.5) is 0 Å². The van der Waals surface area contributed by atoms with E-state index in [2.05, 4.69) is 240 Å². The Morgan fingerprint density at radius 3 is 1.51 bits per heavy atom. The summed E-state index contributed by atoms with van der Waals surface area (Å²) in [7, 11) is 0. The maximum Gasteiger partial charge on any atom is 0.164 e. The molecule has 5 heteroatoms. The van der Waals surface area contributed by atoms with Crippen molar-refractivity contribution in [2.75, 3.05) is 0 Å². The van der Waals surface area contributed by atoms with Gasteiger partial charge in [-0.3, -0.25) is 0 Å². The molecule has 0 radical (unpaired) electrons. The van der Waals surface area contributed by atoms with Gasteiger partial charge in [0.15, 0.2) is 17.5 Å². The SMILES string of the molecule is c1ccc(-c2nc(-c3cc(-c4ccccc4)c(-n4c5ccccc5c5cc6ccccc6cc54)c(-c4ccc5ccccc5c4)c3)nc(-c3cccc4c3c3ccccc3n4-c3ccccc3)n2)cc1. The van der Waals surface area contributed by atoms with E-state index < -0.39 is 0 Å². The van der Waals surface area contributed by atoms with Gasteiger partial charge in [-0.1, -0.05) is 188 Å². The molecule has 3 aromatic heterocycles. The highest BCUT2D eigenvalue weighted by atomic mass is 15.0. The molecule has 0 amide bonds. The van der Waals surface area contributed by atoms with Crippen molar-refractivity contribution in [1.29, 1.82) is 0 Å². The summed E-state index contributed by atoms with van der Waals surface area (Å²) in [6.07, 6.45) is 0. The van der Waals surface area contributed by atoms with Crippen LogP contribution < -0.4 is 0 Å². The van der Waals surface area contributed by atoms with E-state index in [4.69, 9.17) is 15.0 Å². The Kier molecular flexibility index (Phi) is 9.14. The second kappa shape index (κ2) is 16.1. The monoisotopic (exact) mass is 891 g/mol. The van der Waals surface area contributed by atoms with Crippen LogP contribution in [0.5, 0.6) is 0 Å². The Morgan fingerprint density at radius 1 is 0.257 bits per heavy atom. The van der Waals surface area contributed by atoms with E-state index in [1.54, 1.807) is 0 Å². The van der Waals surface area contributed by atoms with Gasteiger partial charge in [0.2, 0.25) is 0 Å². The molecule has 3 heterocycles. The fourth-order valence-corrected chi connectivity index (χ4v) is 10.7. The highest BCUT2D eigenvalue weighted by Gasteiger charge is 2.25. The molecule has 0 atom stereocenters. The van der Waals surface area contributed by atoms with E-state index in [1.807, 2.05) is 18.2 Å². The summed E-state index contributed by atoms with van der Waals surface area (Å²) in [5.74, 6) is 1.81. The zero-order valence-electron chi connectivity index (χ0n) is 37.9. The minimum Gasteiger partial charge on any atom is -0.309 e. The van der Waals surface area contributed by atoms with Gasteiger partial charge in [0.1, 0.15) is 0 Å². The van der Waals surface area contributed by atoms with Gasteiger partial charge in [-0.15, -0.1) is 0 Å². The summed E-state index contributed by atoms with van der Waals surface area (Å²) in [4.78, 5) is 16.3. The summed E-state index contributed by atoms with van der Waals surface area (Å²) >= 11 is 0. The van der Waals surface area contributed by atoms with Crippen LogP contribution in [0.25, 0.3) is 133 Å². The molecule has 0 aliphatic heterocycles. The van der Waals surface area contributed by atoms with Gasteiger partial charge < -0.3 is 9.13 Å². The first-order valence-electron chi connectivity index (χ1n) is 23.8. The minimum atomic E-state index is 0.589. The summed E-state index contributed by atoms with van der Waals surface area (Å²) in [5.41, 5.74) is 13.7. The molecule has 0 aliphatic carbocycles. The zero-order valence-corrected chi connectivity index (χ0v) is 37.9. The summed E-state index contributed by atoms with van der Waals surface area (Å²) in [5, 5.41) is 9.40. The molecular formula is C65H41N5. The fraction of sp³-hybridized carbons (Fsp3) is 0. The van der Waals surface area contributed by atoms with Gasteiger partial charge in [-0.25, -0.2) is 15.0 Å². The van der Waals surface area contributed by atoms with E-state index in [1.165, 1.54) is 32.3 Å². The fourth-order valence-electron chi connectivity index (χ4n) is 10.7. The molecule has 14 aromatic rings.